The molecule has 0 heterocycles. The molecule has 0 saturated carbocycles. The van der Waals surface area contributed by atoms with E-state index in [1.807, 2.05) is 30.3 Å². The number of hydrogen-bond donors (Lipinski definition) is 1. The van der Waals surface area contributed by atoms with E-state index in [1.54, 1.807) is 6.07 Å². The van der Waals surface area contributed by atoms with Gasteiger partial charge < -0.3 is 9.84 Å². The normalized spacial score (nSPS) is 9.81. The van der Waals surface area contributed by atoms with E-state index in [0.29, 0.717) is 25.2 Å². The van der Waals surface area contributed by atoms with Crippen LogP contribution in [0.15, 0.2) is 48.5 Å². The summed E-state index contributed by atoms with van der Waals surface area (Å²) < 4.78 is 19.1. The lowest BCUT2D eigenvalue weighted by molar-refractivity contribution is 0.302. The third-order valence-corrected chi connectivity index (χ3v) is 2.98. The lowest BCUT2D eigenvalue weighted by Gasteiger charge is -2.11. The van der Waals surface area contributed by atoms with Gasteiger partial charge in [0, 0.05) is 6.42 Å². The first-order valence-electron chi connectivity index (χ1n) is 6.81. The molecule has 0 bridgehead atoms. The van der Waals surface area contributed by atoms with Crippen LogP contribution in [-0.2, 0) is 13.0 Å². The predicted octanol–water partition coefficient (Wildman–Crippen LogP) is 3.33. The highest BCUT2D eigenvalue weighted by Crippen LogP contribution is 2.22. The molecular formula is C18H17FO2. The number of ether oxygens (including phenoxy) is 1. The van der Waals surface area contributed by atoms with Crippen LogP contribution in [0.2, 0.25) is 0 Å². The Hall–Kier alpha value is -2.31. The fourth-order valence-electron chi connectivity index (χ4n) is 1.96. The Balaban J connectivity index is 2.04. The molecule has 0 aliphatic heterocycles. The Morgan fingerprint density at radius 3 is 2.62 bits per heavy atom. The maximum Gasteiger partial charge on any atom is 0.123 e. The summed E-state index contributed by atoms with van der Waals surface area (Å²) in [7, 11) is 0. The van der Waals surface area contributed by atoms with Crippen LogP contribution in [-0.4, -0.2) is 11.7 Å². The molecule has 2 rings (SSSR count). The van der Waals surface area contributed by atoms with Gasteiger partial charge >= 0.3 is 0 Å². The highest BCUT2D eigenvalue weighted by Gasteiger charge is 2.05. The summed E-state index contributed by atoms with van der Waals surface area (Å²) in [4.78, 5) is 0. The van der Waals surface area contributed by atoms with Gasteiger partial charge in [-0.15, -0.1) is 5.92 Å². The molecule has 0 unspecified atom stereocenters. The van der Waals surface area contributed by atoms with Gasteiger partial charge in [0.15, 0.2) is 0 Å². The zero-order valence-corrected chi connectivity index (χ0v) is 11.7. The Labute approximate surface area is 124 Å². The van der Waals surface area contributed by atoms with Crippen molar-refractivity contribution in [2.24, 2.45) is 0 Å². The van der Waals surface area contributed by atoms with Crippen LogP contribution in [0.1, 0.15) is 17.5 Å². The second-order valence-corrected chi connectivity index (χ2v) is 4.54. The van der Waals surface area contributed by atoms with Crippen molar-refractivity contribution < 1.29 is 14.2 Å². The zero-order valence-electron chi connectivity index (χ0n) is 11.7. The first kappa shape index (κ1) is 15.1. The molecule has 0 amide bonds. The van der Waals surface area contributed by atoms with E-state index in [9.17, 15) is 4.39 Å². The fourth-order valence-corrected chi connectivity index (χ4v) is 1.96. The van der Waals surface area contributed by atoms with Crippen LogP contribution in [0.3, 0.4) is 0 Å². The minimum Gasteiger partial charge on any atom is -0.489 e. The van der Waals surface area contributed by atoms with E-state index in [-0.39, 0.29) is 12.4 Å². The Morgan fingerprint density at radius 2 is 1.86 bits per heavy atom. The minimum absolute atomic E-state index is 0.152. The van der Waals surface area contributed by atoms with Crippen molar-refractivity contribution in [2.45, 2.75) is 19.4 Å². The van der Waals surface area contributed by atoms with E-state index < -0.39 is 0 Å². The summed E-state index contributed by atoms with van der Waals surface area (Å²) >= 11 is 0. The van der Waals surface area contributed by atoms with Crippen LogP contribution in [0.4, 0.5) is 4.39 Å². The minimum atomic E-state index is -0.285. The molecule has 3 heteroatoms. The molecule has 0 aliphatic carbocycles. The quantitative estimate of drug-likeness (QED) is 0.853. The molecule has 2 aromatic carbocycles. The van der Waals surface area contributed by atoms with Gasteiger partial charge in [-0.25, -0.2) is 4.39 Å². The maximum atomic E-state index is 13.4. The van der Waals surface area contributed by atoms with Gasteiger partial charge in [0.2, 0.25) is 0 Å². The third kappa shape index (κ3) is 4.94. The molecule has 21 heavy (non-hydrogen) atoms. The second-order valence-electron chi connectivity index (χ2n) is 4.54. The molecule has 108 valence electrons. The molecule has 0 spiro atoms. The van der Waals surface area contributed by atoms with Crippen LogP contribution in [0.5, 0.6) is 5.75 Å². The van der Waals surface area contributed by atoms with E-state index in [1.165, 1.54) is 12.1 Å². The topological polar surface area (TPSA) is 29.5 Å². The monoisotopic (exact) mass is 284 g/mol. The average molecular weight is 284 g/mol. The molecule has 0 saturated heterocycles. The average Bonchev–Trinajstić information content (AvgIpc) is 2.52. The SMILES string of the molecule is OCC#CCCc1cc(F)ccc1OCc1ccccc1. The van der Waals surface area contributed by atoms with E-state index in [2.05, 4.69) is 11.8 Å². The Kier molecular flexibility index (Phi) is 5.81. The molecular weight excluding hydrogens is 267 g/mol. The first-order chi connectivity index (χ1) is 10.3. The molecule has 0 atom stereocenters. The van der Waals surface area contributed by atoms with Crippen molar-refractivity contribution in [2.75, 3.05) is 6.61 Å². The number of aliphatic hydroxyl groups is 1. The fraction of sp³-hybridized carbons (Fsp3) is 0.222. The predicted molar refractivity (Wildman–Crippen MR) is 80.4 cm³/mol. The van der Waals surface area contributed by atoms with E-state index in [0.717, 1.165) is 11.1 Å². The number of hydrogen-bond acceptors (Lipinski definition) is 2. The van der Waals surface area contributed by atoms with Gasteiger partial charge in [0.05, 0.1) is 0 Å². The summed E-state index contributed by atoms with van der Waals surface area (Å²) in [5, 5.41) is 8.61. The van der Waals surface area contributed by atoms with Crippen molar-refractivity contribution in [3.8, 4) is 17.6 Å². The van der Waals surface area contributed by atoms with Gasteiger partial charge in [-0.2, -0.15) is 0 Å². The van der Waals surface area contributed by atoms with Gasteiger partial charge in [0.25, 0.3) is 0 Å². The summed E-state index contributed by atoms with van der Waals surface area (Å²) in [6.07, 6.45) is 1.15. The largest absolute Gasteiger partial charge is 0.489 e. The van der Waals surface area contributed by atoms with E-state index in [4.69, 9.17) is 9.84 Å². The van der Waals surface area contributed by atoms with E-state index >= 15 is 0 Å². The number of aryl methyl sites for hydroxylation is 1. The summed E-state index contributed by atoms with van der Waals surface area (Å²) in [6.45, 7) is 0.294. The summed E-state index contributed by atoms with van der Waals surface area (Å²) in [5.41, 5.74) is 1.85. The summed E-state index contributed by atoms with van der Waals surface area (Å²) in [5.74, 6) is 5.79. The van der Waals surface area contributed by atoms with Crippen molar-refractivity contribution in [1.82, 2.24) is 0 Å². The van der Waals surface area contributed by atoms with Gasteiger partial charge in [0.1, 0.15) is 24.8 Å². The standard InChI is InChI=1S/C18H17FO2/c19-17-10-11-18(16(13-17)9-5-2-6-12-20)21-14-15-7-3-1-4-8-15/h1,3-4,7-8,10-11,13,20H,5,9,12,14H2. The van der Waals surface area contributed by atoms with Crippen molar-refractivity contribution in [3.63, 3.8) is 0 Å². The van der Waals surface area contributed by atoms with Crippen molar-refractivity contribution >= 4 is 0 Å². The van der Waals surface area contributed by atoms with Gasteiger partial charge in [-0.3, -0.25) is 0 Å². The molecule has 1 N–H and O–H groups in total. The molecule has 0 aromatic heterocycles. The van der Waals surface area contributed by atoms with Crippen LogP contribution in [0, 0.1) is 17.7 Å². The zero-order chi connectivity index (χ0) is 14.9. The highest BCUT2D eigenvalue weighted by molar-refractivity contribution is 5.35. The Morgan fingerprint density at radius 1 is 1.05 bits per heavy atom. The maximum absolute atomic E-state index is 13.4. The molecule has 2 nitrogen and oxygen atoms in total. The number of halogens is 1. The van der Waals surface area contributed by atoms with Crippen LogP contribution < -0.4 is 4.74 Å². The van der Waals surface area contributed by atoms with Crippen LogP contribution in [0.25, 0.3) is 0 Å². The molecule has 0 radical (unpaired) electrons. The first-order valence-corrected chi connectivity index (χ1v) is 6.81. The summed E-state index contributed by atoms with van der Waals surface area (Å²) in [6, 6.07) is 14.3. The number of aliphatic hydroxyl groups excluding tert-OH is 1. The Bertz CT molecular complexity index is 627. The number of rotatable bonds is 5. The van der Waals surface area contributed by atoms with Crippen molar-refractivity contribution in [1.29, 1.82) is 0 Å². The molecule has 2 aromatic rings. The molecule has 0 aliphatic rings. The van der Waals surface area contributed by atoms with Gasteiger partial charge in [-0.1, -0.05) is 36.3 Å². The highest BCUT2D eigenvalue weighted by atomic mass is 19.1. The molecule has 0 fully saturated rings. The van der Waals surface area contributed by atoms with Gasteiger partial charge in [-0.05, 0) is 35.7 Å². The number of benzene rings is 2. The second kappa shape index (κ2) is 8.08. The third-order valence-electron chi connectivity index (χ3n) is 2.98. The van der Waals surface area contributed by atoms with Crippen LogP contribution >= 0.6 is 0 Å². The lowest BCUT2D eigenvalue weighted by Crippen LogP contribution is -1.99. The smallest absolute Gasteiger partial charge is 0.123 e. The van der Waals surface area contributed by atoms with Crippen molar-refractivity contribution in [3.05, 3.63) is 65.5 Å². The lowest BCUT2D eigenvalue weighted by atomic mass is 10.1.